The molecule has 67 heavy (non-hydrogen) atoms. The van der Waals surface area contributed by atoms with Gasteiger partial charge in [-0.3, -0.25) is 19.3 Å². The molecular formula is C57H110N2O8. The molecule has 10 nitrogen and oxygen atoms in total. The first-order valence-corrected chi connectivity index (χ1v) is 28.7. The number of unbranched alkanes of at least 4 members (excludes halogenated alkanes) is 22. The topological polar surface area (TPSA) is 112 Å². The van der Waals surface area contributed by atoms with Crippen molar-refractivity contribution in [2.45, 2.75) is 310 Å². The van der Waals surface area contributed by atoms with E-state index in [1.807, 2.05) is 27.9 Å². The van der Waals surface area contributed by atoms with E-state index in [4.69, 9.17) is 18.9 Å². The van der Waals surface area contributed by atoms with Gasteiger partial charge in [-0.05, 0) is 130 Å². The fourth-order valence-electron chi connectivity index (χ4n) is 8.70. The molecule has 1 atom stereocenters. The van der Waals surface area contributed by atoms with Crippen molar-refractivity contribution in [1.82, 2.24) is 9.80 Å². The van der Waals surface area contributed by atoms with Gasteiger partial charge >= 0.3 is 24.0 Å². The molecule has 0 aliphatic rings. The number of hydrogen-bond acceptors (Lipinski definition) is 9. The highest BCUT2D eigenvalue weighted by Crippen LogP contribution is 2.21. The summed E-state index contributed by atoms with van der Waals surface area (Å²) in [6.07, 6.45) is 38.6. The fraction of sp³-hybridized carbons (Fsp3) is 0.930. The van der Waals surface area contributed by atoms with Crippen LogP contribution >= 0.6 is 0 Å². The number of nitrogens with zero attached hydrogens (tertiary/aromatic N) is 2. The minimum absolute atomic E-state index is 0.0328. The van der Waals surface area contributed by atoms with Crippen LogP contribution in [0.15, 0.2) is 0 Å². The van der Waals surface area contributed by atoms with Crippen molar-refractivity contribution in [1.29, 1.82) is 0 Å². The van der Waals surface area contributed by atoms with Crippen LogP contribution in [0.25, 0.3) is 0 Å². The lowest BCUT2D eigenvalue weighted by Gasteiger charge is -2.26. The van der Waals surface area contributed by atoms with Crippen molar-refractivity contribution in [3.05, 3.63) is 0 Å². The minimum atomic E-state index is -0.433. The third-order valence-corrected chi connectivity index (χ3v) is 13.2. The molecule has 0 N–H and O–H groups in total. The number of carbonyl (C=O) groups is 4. The summed E-state index contributed by atoms with van der Waals surface area (Å²) in [5.41, 5.74) is 0. The molecule has 10 heteroatoms. The number of rotatable bonds is 49. The van der Waals surface area contributed by atoms with E-state index in [9.17, 15) is 19.2 Å². The van der Waals surface area contributed by atoms with Gasteiger partial charge in [-0.15, -0.1) is 0 Å². The number of carbonyl (C=O) groups excluding carboxylic acids is 4. The normalized spacial score (nSPS) is 12.1. The van der Waals surface area contributed by atoms with Crippen LogP contribution in [0.4, 0.5) is 4.79 Å². The van der Waals surface area contributed by atoms with Gasteiger partial charge in [0, 0.05) is 19.4 Å². The standard InChI is InChI=1S/C57H110N2O8/c1-9-14-18-30-39-51(40-31-19-15-10-2)65-54(60)45-36-28-24-22-26-34-43-53(67-57(63)59(48-38-47-58(7)8)49-56(62)64-50(6)13-5)44-35-27-23-25-29-37-46-55(61)66-52(41-32-20-16-11-3)42-33-21-17-12-4/h50-53H,9-49H2,1-8H3. The van der Waals surface area contributed by atoms with Gasteiger partial charge in [-0.25, -0.2) is 4.79 Å². The Morgan fingerprint density at radius 2 is 0.701 bits per heavy atom. The fourth-order valence-corrected chi connectivity index (χ4v) is 8.70. The van der Waals surface area contributed by atoms with Gasteiger partial charge in [0.1, 0.15) is 24.9 Å². The van der Waals surface area contributed by atoms with E-state index in [0.29, 0.717) is 19.4 Å². The van der Waals surface area contributed by atoms with E-state index in [2.05, 4.69) is 32.6 Å². The molecule has 0 saturated heterocycles. The lowest BCUT2D eigenvalue weighted by molar-refractivity contribution is -0.151. The van der Waals surface area contributed by atoms with Crippen molar-refractivity contribution in [2.75, 3.05) is 33.7 Å². The van der Waals surface area contributed by atoms with Crippen LogP contribution in [0.5, 0.6) is 0 Å². The summed E-state index contributed by atoms with van der Waals surface area (Å²) >= 11 is 0. The summed E-state index contributed by atoms with van der Waals surface area (Å²) in [5, 5.41) is 0. The van der Waals surface area contributed by atoms with Crippen LogP contribution in [0.3, 0.4) is 0 Å². The Labute approximate surface area is 414 Å². The Bertz CT molecular complexity index is 1070. The molecule has 1 amide bonds. The molecule has 0 radical (unpaired) electrons. The number of hydrogen-bond donors (Lipinski definition) is 0. The van der Waals surface area contributed by atoms with Crippen LogP contribution < -0.4 is 0 Å². The van der Waals surface area contributed by atoms with Gasteiger partial charge in [-0.2, -0.15) is 0 Å². The van der Waals surface area contributed by atoms with Crippen molar-refractivity contribution >= 4 is 24.0 Å². The molecule has 0 fully saturated rings. The zero-order valence-electron chi connectivity index (χ0n) is 45.5. The molecule has 0 spiro atoms. The van der Waals surface area contributed by atoms with E-state index in [1.165, 1.54) is 81.9 Å². The maximum Gasteiger partial charge on any atom is 0.410 e. The summed E-state index contributed by atoms with van der Waals surface area (Å²) in [6.45, 7) is 13.9. The zero-order valence-corrected chi connectivity index (χ0v) is 45.5. The molecule has 0 aromatic carbocycles. The molecule has 0 heterocycles. The SMILES string of the molecule is CCCCCCC(CCCCCC)OC(=O)CCCCCCCCC(CCCCCCCCC(=O)OC(CCCCCC)CCCCCC)OC(=O)N(CCCN(C)C)CC(=O)OC(C)CC. The smallest absolute Gasteiger partial charge is 0.410 e. The summed E-state index contributed by atoms with van der Waals surface area (Å²) < 4.78 is 23.7. The molecular weight excluding hydrogens is 841 g/mol. The Kier molecular flexibility index (Phi) is 45.7. The van der Waals surface area contributed by atoms with E-state index in [-0.39, 0.29) is 42.9 Å². The molecule has 0 rings (SSSR count). The predicted octanol–water partition coefficient (Wildman–Crippen LogP) is 16.0. The van der Waals surface area contributed by atoms with E-state index in [1.54, 1.807) is 0 Å². The maximum atomic E-state index is 13.7. The monoisotopic (exact) mass is 951 g/mol. The first-order chi connectivity index (χ1) is 32.5. The van der Waals surface area contributed by atoms with Crippen LogP contribution in [0.2, 0.25) is 0 Å². The second-order valence-corrected chi connectivity index (χ2v) is 20.2. The summed E-state index contributed by atoms with van der Waals surface area (Å²) in [7, 11) is 4.01. The summed E-state index contributed by atoms with van der Waals surface area (Å²) in [4.78, 5) is 55.7. The average molecular weight is 952 g/mol. The Morgan fingerprint density at radius 3 is 1.04 bits per heavy atom. The minimum Gasteiger partial charge on any atom is -0.462 e. The Balaban J connectivity index is 5.10. The predicted molar refractivity (Wildman–Crippen MR) is 280 cm³/mol. The lowest BCUT2D eigenvalue weighted by Crippen LogP contribution is -2.40. The molecule has 0 aromatic rings. The van der Waals surface area contributed by atoms with Gasteiger partial charge in [0.25, 0.3) is 0 Å². The van der Waals surface area contributed by atoms with Crippen LogP contribution in [-0.4, -0.2) is 91.9 Å². The van der Waals surface area contributed by atoms with Crippen LogP contribution in [0.1, 0.15) is 286 Å². The Hall–Kier alpha value is -2.36. The van der Waals surface area contributed by atoms with Crippen LogP contribution in [0, 0.1) is 0 Å². The molecule has 1 unspecified atom stereocenters. The third kappa shape index (κ3) is 42.3. The number of esters is 3. The highest BCUT2D eigenvalue weighted by atomic mass is 16.6. The largest absolute Gasteiger partial charge is 0.462 e. The van der Waals surface area contributed by atoms with E-state index < -0.39 is 12.1 Å². The van der Waals surface area contributed by atoms with Crippen LogP contribution in [-0.2, 0) is 33.3 Å². The molecule has 0 saturated carbocycles. The third-order valence-electron chi connectivity index (χ3n) is 13.2. The molecule has 0 aromatic heterocycles. The number of ether oxygens (including phenoxy) is 4. The van der Waals surface area contributed by atoms with Gasteiger partial charge in [0.15, 0.2) is 0 Å². The van der Waals surface area contributed by atoms with Crippen molar-refractivity contribution < 1.29 is 38.1 Å². The second-order valence-electron chi connectivity index (χ2n) is 20.2. The van der Waals surface area contributed by atoms with Gasteiger partial charge in [-0.1, -0.05) is 163 Å². The highest BCUT2D eigenvalue weighted by Gasteiger charge is 2.24. The van der Waals surface area contributed by atoms with Gasteiger partial charge in [0.05, 0.1) is 6.10 Å². The second kappa shape index (κ2) is 47.3. The first kappa shape index (κ1) is 64.6. The summed E-state index contributed by atoms with van der Waals surface area (Å²) in [5.74, 6) is -0.465. The van der Waals surface area contributed by atoms with E-state index >= 15 is 0 Å². The summed E-state index contributed by atoms with van der Waals surface area (Å²) in [6, 6.07) is 0. The quantitative estimate of drug-likeness (QED) is 0.0334. The van der Waals surface area contributed by atoms with Crippen molar-refractivity contribution in [2.24, 2.45) is 0 Å². The lowest BCUT2D eigenvalue weighted by atomic mass is 10.0. The molecule has 0 bridgehead atoms. The Morgan fingerprint density at radius 1 is 0.373 bits per heavy atom. The van der Waals surface area contributed by atoms with Crippen molar-refractivity contribution in [3.8, 4) is 0 Å². The van der Waals surface area contributed by atoms with E-state index in [0.717, 1.165) is 161 Å². The van der Waals surface area contributed by atoms with Gasteiger partial charge in [0.2, 0.25) is 0 Å². The zero-order chi connectivity index (χ0) is 49.6. The first-order valence-electron chi connectivity index (χ1n) is 28.7. The molecule has 0 aliphatic carbocycles. The maximum absolute atomic E-state index is 13.7. The molecule has 0 aliphatic heterocycles. The van der Waals surface area contributed by atoms with Crippen molar-refractivity contribution in [3.63, 3.8) is 0 Å². The average Bonchev–Trinajstić information content (AvgIpc) is 3.30. The molecule has 396 valence electrons. The van der Waals surface area contributed by atoms with Gasteiger partial charge < -0.3 is 23.8 Å². The number of amides is 1. The highest BCUT2D eigenvalue weighted by molar-refractivity contribution is 5.78.